The SMILES string of the molecule is CC1(C)c2ccccc2-c2c1n1c3c(cccc23)B2c3c-1cc1c(oc4ccccc41)c3-c1cccc3c4c5ccccc5oc4n2c13. The second kappa shape index (κ2) is 7.61. The Morgan fingerprint density at radius 3 is 2.21 bits per heavy atom. The van der Waals surface area contributed by atoms with E-state index in [0.717, 1.165) is 38.6 Å². The maximum atomic E-state index is 6.88. The topological polar surface area (TPSA) is 36.1 Å². The molecule has 0 radical (unpaired) electrons. The summed E-state index contributed by atoms with van der Waals surface area (Å²) in [5.41, 5.74) is 17.7. The van der Waals surface area contributed by atoms with Gasteiger partial charge in [0.15, 0.2) is 5.71 Å². The van der Waals surface area contributed by atoms with Crippen molar-refractivity contribution >= 4 is 83.6 Å². The van der Waals surface area contributed by atoms with Crippen LogP contribution in [0.1, 0.15) is 25.1 Å². The summed E-state index contributed by atoms with van der Waals surface area (Å²) in [4.78, 5) is 0. The highest BCUT2D eigenvalue weighted by molar-refractivity contribution is 6.90. The summed E-state index contributed by atoms with van der Waals surface area (Å²) in [6, 6.07) is 42.1. The highest BCUT2D eigenvalue weighted by Crippen LogP contribution is 2.55. The molecule has 0 atom stereocenters. The summed E-state index contributed by atoms with van der Waals surface area (Å²) < 4.78 is 18.9. The lowest BCUT2D eigenvalue weighted by molar-refractivity contribution is 0.624. The Balaban J connectivity index is 1.32. The molecule has 2 aliphatic heterocycles. The molecule has 1 aliphatic carbocycles. The van der Waals surface area contributed by atoms with Crippen LogP contribution in [0.2, 0.25) is 0 Å². The summed E-state index contributed by atoms with van der Waals surface area (Å²) in [6.45, 7) is 4.70. The molecule has 222 valence electrons. The number of furan rings is 2. The van der Waals surface area contributed by atoms with Crippen molar-refractivity contribution in [1.82, 2.24) is 9.05 Å². The molecule has 5 heteroatoms. The molecular formula is C43H25BN2O2. The van der Waals surface area contributed by atoms with Crippen molar-refractivity contribution in [3.63, 3.8) is 0 Å². The smallest absolute Gasteiger partial charge is 0.336 e. The van der Waals surface area contributed by atoms with E-state index in [4.69, 9.17) is 8.83 Å². The first-order valence-electron chi connectivity index (χ1n) is 16.8. The number of rotatable bonds is 0. The zero-order valence-corrected chi connectivity index (χ0v) is 26.3. The number of aromatic nitrogens is 2. The van der Waals surface area contributed by atoms with Crippen LogP contribution in [0.15, 0.2) is 124 Å². The van der Waals surface area contributed by atoms with Gasteiger partial charge in [-0.25, -0.2) is 0 Å². The number of hydrogen-bond donors (Lipinski definition) is 0. The Kier molecular flexibility index (Phi) is 3.85. The van der Waals surface area contributed by atoms with Crippen LogP contribution in [0.5, 0.6) is 0 Å². The van der Waals surface area contributed by atoms with Crippen molar-refractivity contribution in [1.29, 1.82) is 0 Å². The lowest BCUT2D eigenvalue weighted by atomic mass is 9.45. The minimum atomic E-state index is -0.186. The summed E-state index contributed by atoms with van der Waals surface area (Å²) in [6.07, 6.45) is 0. The van der Waals surface area contributed by atoms with Gasteiger partial charge in [0.05, 0.1) is 10.9 Å². The standard InChI is InChI=1S/C43H25BN2O2/c1-43(2)29-17-6-3-12-23(29)34-25-16-10-18-30-39(25)45(41(34)43)31-21-28-22-11-4-7-19-32(22)47-40(28)36-27-15-9-14-26-35-24-13-5-8-20-33(24)48-42(35)46(38(26)27)44(30)37(31)36/h3-21H,1-2H3. The normalized spacial score (nSPS) is 15.0. The predicted molar refractivity (Wildman–Crippen MR) is 197 cm³/mol. The molecule has 0 saturated carbocycles. The Morgan fingerprint density at radius 1 is 0.604 bits per heavy atom. The molecule has 48 heavy (non-hydrogen) atoms. The van der Waals surface area contributed by atoms with Gasteiger partial charge >= 0.3 is 6.85 Å². The fourth-order valence-electron chi connectivity index (χ4n) is 10.1. The molecule has 4 aromatic heterocycles. The minimum absolute atomic E-state index is 0.0901. The summed E-state index contributed by atoms with van der Waals surface area (Å²) in [7, 11) is 0. The first kappa shape index (κ1) is 24.3. The number of para-hydroxylation sites is 4. The van der Waals surface area contributed by atoms with Crippen molar-refractivity contribution in [3.05, 3.63) is 127 Å². The van der Waals surface area contributed by atoms with E-state index >= 15 is 0 Å². The lowest BCUT2D eigenvalue weighted by Gasteiger charge is -2.35. The number of benzene rings is 6. The van der Waals surface area contributed by atoms with Gasteiger partial charge in [-0.2, -0.15) is 0 Å². The number of fused-ring (bicyclic) bond motifs is 18. The van der Waals surface area contributed by atoms with Gasteiger partial charge in [-0.05, 0) is 40.3 Å². The number of hydrogen-bond acceptors (Lipinski definition) is 2. The van der Waals surface area contributed by atoms with Crippen molar-refractivity contribution < 1.29 is 8.83 Å². The van der Waals surface area contributed by atoms with E-state index in [2.05, 4.69) is 138 Å². The molecule has 0 N–H and O–H groups in total. The van der Waals surface area contributed by atoms with Crippen LogP contribution < -0.4 is 10.9 Å². The fourth-order valence-corrected chi connectivity index (χ4v) is 10.1. The van der Waals surface area contributed by atoms with E-state index in [9.17, 15) is 0 Å². The predicted octanol–water partition coefficient (Wildman–Crippen LogP) is 9.64. The molecule has 0 bridgehead atoms. The van der Waals surface area contributed by atoms with Crippen LogP contribution >= 0.6 is 0 Å². The van der Waals surface area contributed by atoms with Crippen LogP contribution in [0, 0.1) is 0 Å². The molecule has 0 amide bonds. The van der Waals surface area contributed by atoms with Crippen LogP contribution in [-0.4, -0.2) is 15.9 Å². The van der Waals surface area contributed by atoms with Gasteiger partial charge in [0.1, 0.15) is 16.7 Å². The second-order valence-electron chi connectivity index (χ2n) is 14.4. The van der Waals surface area contributed by atoms with Crippen LogP contribution in [0.4, 0.5) is 0 Å². The average Bonchev–Trinajstić information content (AvgIpc) is 3.89. The highest BCUT2D eigenvalue weighted by atomic mass is 16.3. The molecule has 6 heterocycles. The van der Waals surface area contributed by atoms with Crippen molar-refractivity contribution in [2.75, 3.05) is 0 Å². The lowest BCUT2D eigenvalue weighted by Crippen LogP contribution is -2.55. The fraction of sp³-hybridized carbons (Fsp3) is 0.0698. The Hall–Kier alpha value is -5.94. The number of nitrogens with zero attached hydrogens (tertiary/aromatic N) is 2. The molecule has 13 rings (SSSR count). The summed E-state index contributed by atoms with van der Waals surface area (Å²) in [5, 5.41) is 7.18. The van der Waals surface area contributed by atoms with Gasteiger partial charge in [0.25, 0.3) is 0 Å². The zero-order chi connectivity index (χ0) is 31.2. The molecule has 6 aromatic carbocycles. The second-order valence-corrected chi connectivity index (χ2v) is 14.4. The average molecular weight is 612 g/mol. The van der Waals surface area contributed by atoms with E-state index in [1.54, 1.807) is 0 Å². The van der Waals surface area contributed by atoms with Gasteiger partial charge in [0.2, 0.25) is 0 Å². The van der Waals surface area contributed by atoms with Crippen LogP contribution in [0.3, 0.4) is 0 Å². The maximum absolute atomic E-state index is 6.88. The van der Waals surface area contributed by atoms with E-state index in [1.165, 1.54) is 77.3 Å². The third-order valence-corrected chi connectivity index (χ3v) is 11.8. The van der Waals surface area contributed by atoms with Gasteiger partial charge in [-0.3, -0.25) is 0 Å². The van der Waals surface area contributed by atoms with Crippen LogP contribution in [0.25, 0.3) is 93.8 Å². The largest absolute Gasteiger partial charge is 0.455 e. The van der Waals surface area contributed by atoms with Gasteiger partial charge in [0, 0.05) is 65.9 Å². The van der Waals surface area contributed by atoms with Crippen molar-refractivity contribution in [2.45, 2.75) is 19.3 Å². The van der Waals surface area contributed by atoms with Gasteiger partial charge < -0.3 is 17.9 Å². The maximum Gasteiger partial charge on any atom is 0.336 e. The first-order chi connectivity index (χ1) is 23.6. The van der Waals surface area contributed by atoms with Gasteiger partial charge in [-0.1, -0.05) is 111 Å². The van der Waals surface area contributed by atoms with Crippen molar-refractivity contribution in [2.24, 2.45) is 0 Å². The summed E-state index contributed by atoms with van der Waals surface area (Å²) >= 11 is 0. The quantitative estimate of drug-likeness (QED) is 0.160. The zero-order valence-electron chi connectivity index (χ0n) is 26.3. The Labute approximate surface area is 274 Å². The van der Waals surface area contributed by atoms with E-state index < -0.39 is 0 Å². The van der Waals surface area contributed by atoms with E-state index in [-0.39, 0.29) is 12.3 Å². The Bertz CT molecular complexity index is 3160. The summed E-state index contributed by atoms with van der Waals surface area (Å²) in [5.74, 6) is 0. The molecule has 0 saturated heterocycles. The molecule has 0 spiro atoms. The monoisotopic (exact) mass is 612 g/mol. The molecule has 4 nitrogen and oxygen atoms in total. The van der Waals surface area contributed by atoms with E-state index in [1.807, 2.05) is 0 Å². The van der Waals surface area contributed by atoms with Gasteiger partial charge in [-0.15, -0.1) is 0 Å². The third-order valence-electron chi connectivity index (χ3n) is 11.8. The first-order valence-corrected chi connectivity index (χ1v) is 16.8. The molecular weight excluding hydrogens is 587 g/mol. The van der Waals surface area contributed by atoms with Crippen LogP contribution in [-0.2, 0) is 5.41 Å². The molecule has 0 fully saturated rings. The molecule has 10 aromatic rings. The Morgan fingerprint density at radius 2 is 1.31 bits per heavy atom. The highest BCUT2D eigenvalue weighted by Gasteiger charge is 2.48. The minimum Gasteiger partial charge on any atom is -0.455 e. The van der Waals surface area contributed by atoms with E-state index in [0.29, 0.717) is 0 Å². The van der Waals surface area contributed by atoms with Crippen molar-refractivity contribution in [3.8, 4) is 27.9 Å². The third kappa shape index (κ3) is 2.42. The molecule has 3 aliphatic rings. The molecule has 0 unspecified atom stereocenters.